The predicted molar refractivity (Wildman–Crippen MR) is 144 cm³/mol. The Kier molecular flexibility index (Phi) is 7.41. The van der Waals surface area contributed by atoms with Gasteiger partial charge in [-0.3, -0.25) is 9.52 Å². The zero-order valence-corrected chi connectivity index (χ0v) is 21.2. The molecule has 184 valence electrons. The Morgan fingerprint density at radius 2 is 1.44 bits per heavy atom. The summed E-state index contributed by atoms with van der Waals surface area (Å²) in [6, 6.07) is 29.1. The lowest BCUT2D eigenvalue weighted by atomic mass is 10.1. The second kappa shape index (κ2) is 10.7. The summed E-state index contributed by atoms with van der Waals surface area (Å²) in [5.41, 5.74) is 5.05. The van der Waals surface area contributed by atoms with E-state index in [1.54, 1.807) is 25.1 Å². The summed E-state index contributed by atoms with van der Waals surface area (Å²) in [6.45, 7) is 5.46. The zero-order valence-electron chi connectivity index (χ0n) is 20.4. The molecule has 0 fully saturated rings. The van der Waals surface area contributed by atoms with E-state index >= 15 is 0 Å². The smallest absolute Gasteiger partial charge is 0.265 e. The number of nitrogens with one attached hydrogen (secondary N) is 2. The van der Waals surface area contributed by atoms with E-state index in [-0.39, 0.29) is 10.8 Å². The van der Waals surface area contributed by atoms with Crippen molar-refractivity contribution in [1.82, 2.24) is 0 Å². The fraction of sp³-hybridized carbons (Fsp3) is 0.138. The summed E-state index contributed by atoms with van der Waals surface area (Å²) in [7, 11) is -3.76. The Hall–Kier alpha value is -4.10. The number of rotatable bonds is 8. The molecule has 1 atom stereocenters. The number of carbonyl (C=O) groups excluding carboxylic acids is 1. The van der Waals surface area contributed by atoms with E-state index < -0.39 is 16.1 Å². The molecule has 0 aliphatic rings. The van der Waals surface area contributed by atoms with Gasteiger partial charge in [-0.15, -0.1) is 0 Å². The van der Waals surface area contributed by atoms with Crippen LogP contribution in [0.5, 0.6) is 5.75 Å². The van der Waals surface area contributed by atoms with Gasteiger partial charge in [0.1, 0.15) is 5.75 Å². The van der Waals surface area contributed by atoms with E-state index in [9.17, 15) is 13.2 Å². The highest BCUT2D eigenvalue weighted by Gasteiger charge is 2.18. The molecule has 4 aromatic carbocycles. The van der Waals surface area contributed by atoms with Gasteiger partial charge in [-0.05, 0) is 79.9 Å². The van der Waals surface area contributed by atoms with E-state index in [4.69, 9.17) is 4.74 Å². The van der Waals surface area contributed by atoms with Crippen molar-refractivity contribution >= 4 is 27.3 Å². The number of anilines is 2. The lowest BCUT2D eigenvalue weighted by Gasteiger charge is -2.15. The third kappa shape index (κ3) is 6.12. The highest BCUT2D eigenvalue weighted by molar-refractivity contribution is 7.92. The van der Waals surface area contributed by atoms with Crippen LogP contribution in [0.25, 0.3) is 11.1 Å². The van der Waals surface area contributed by atoms with Gasteiger partial charge in [0.05, 0.1) is 10.6 Å². The van der Waals surface area contributed by atoms with Gasteiger partial charge >= 0.3 is 0 Å². The molecule has 4 rings (SSSR count). The molecule has 0 aliphatic heterocycles. The number of hydrogen-bond acceptors (Lipinski definition) is 4. The minimum Gasteiger partial charge on any atom is -0.481 e. The minimum absolute atomic E-state index is 0.100. The first-order valence-electron chi connectivity index (χ1n) is 11.5. The molecular weight excluding hydrogens is 472 g/mol. The average Bonchev–Trinajstić information content (AvgIpc) is 2.87. The molecule has 0 heterocycles. The molecule has 0 bridgehead atoms. The first-order chi connectivity index (χ1) is 17.2. The Balaban J connectivity index is 1.36. The van der Waals surface area contributed by atoms with E-state index in [1.807, 2.05) is 80.6 Å². The molecule has 4 aromatic rings. The number of carbonyl (C=O) groups is 1. The molecular formula is C29H28N2O4S. The van der Waals surface area contributed by atoms with Crippen molar-refractivity contribution in [3.05, 3.63) is 108 Å². The molecule has 1 amide bonds. The monoisotopic (exact) mass is 500 g/mol. The second-order valence-electron chi connectivity index (χ2n) is 8.59. The van der Waals surface area contributed by atoms with Crippen LogP contribution < -0.4 is 14.8 Å². The van der Waals surface area contributed by atoms with Gasteiger partial charge in [0, 0.05) is 5.69 Å². The number of aryl methyl sites for hydroxylation is 2. The van der Waals surface area contributed by atoms with Crippen LogP contribution in [0.3, 0.4) is 0 Å². The summed E-state index contributed by atoms with van der Waals surface area (Å²) < 4.78 is 34.0. The number of ether oxygens (including phenoxy) is 1. The van der Waals surface area contributed by atoms with Crippen LogP contribution in [0.1, 0.15) is 18.1 Å². The summed E-state index contributed by atoms with van der Waals surface area (Å²) in [5.74, 6) is 0.238. The van der Waals surface area contributed by atoms with Crippen LogP contribution in [0, 0.1) is 13.8 Å². The average molecular weight is 501 g/mol. The van der Waals surface area contributed by atoms with Gasteiger partial charge in [0.15, 0.2) is 6.10 Å². The highest BCUT2D eigenvalue weighted by Crippen LogP contribution is 2.24. The lowest BCUT2D eigenvalue weighted by molar-refractivity contribution is -0.122. The summed E-state index contributed by atoms with van der Waals surface area (Å²) in [5, 5.41) is 2.76. The number of hydrogen-bond donors (Lipinski definition) is 2. The number of sulfonamides is 1. The maximum atomic E-state index is 12.8. The topological polar surface area (TPSA) is 84.5 Å². The normalized spacial score (nSPS) is 12.0. The van der Waals surface area contributed by atoms with Crippen LogP contribution in [-0.2, 0) is 14.8 Å². The molecule has 0 spiro atoms. The van der Waals surface area contributed by atoms with Gasteiger partial charge in [-0.1, -0.05) is 60.2 Å². The minimum atomic E-state index is -3.76. The molecule has 0 aliphatic carbocycles. The summed E-state index contributed by atoms with van der Waals surface area (Å²) in [6.07, 6.45) is -0.748. The van der Waals surface area contributed by atoms with Gasteiger partial charge in [-0.25, -0.2) is 8.42 Å². The van der Waals surface area contributed by atoms with Crippen molar-refractivity contribution in [1.29, 1.82) is 0 Å². The molecule has 1 unspecified atom stereocenters. The number of benzene rings is 4. The summed E-state index contributed by atoms with van der Waals surface area (Å²) in [4.78, 5) is 12.7. The van der Waals surface area contributed by atoms with Crippen molar-refractivity contribution in [3.8, 4) is 16.9 Å². The largest absolute Gasteiger partial charge is 0.481 e. The molecule has 2 N–H and O–H groups in total. The van der Waals surface area contributed by atoms with Crippen LogP contribution in [0.4, 0.5) is 11.4 Å². The Labute approximate surface area is 212 Å². The van der Waals surface area contributed by atoms with E-state index in [2.05, 4.69) is 10.0 Å². The van der Waals surface area contributed by atoms with Crippen molar-refractivity contribution in [2.24, 2.45) is 0 Å². The van der Waals surface area contributed by atoms with Gasteiger partial charge in [-0.2, -0.15) is 0 Å². The standard InChI is InChI=1S/C29H28N2O4S/c1-20-9-18-28(21(2)19-20)31-36(33,34)27-16-12-25(13-17-27)30-29(32)22(3)35-26-14-10-24(11-15-26)23-7-5-4-6-8-23/h4-19,22,31H,1-3H3,(H,30,32). The number of amides is 1. The maximum Gasteiger partial charge on any atom is 0.265 e. The van der Waals surface area contributed by atoms with Crippen molar-refractivity contribution in [3.63, 3.8) is 0 Å². The Bertz CT molecular complexity index is 1450. The van der Waals surface area contributed by atoms with Crippen molar-refractivity contribution in [2.45, 2.75) is 31.8 Å². The van der Waals surface area contributed by atoms with Crippen molar-refractivity contribution in [2.75, 3.05) is 10.0 Å². The maximum absolute atomic E-state index is 12.8. The van der Waals surface area contributed by atoms with Crippen LogP contribution in [0.2, 0.25) is 0 Å². The highest BCUT2D eigenvalue weighted by atomic mass is 32.2. The molecule has 36 heavy (non-hydrogen) atoms. The van der Waals surface area contributed by atoms with Crippen LogP contribution >= 0.6 is 0 Å². The summed E-state index contributed by atoms with van der Waals surface area (Å²) >= 11 is 0. The van der Waals surface area contributed by atoms with Crippen LogP contribution in [0.15, 0.2) is 102 Å². The third-order valence-electron chi connectivity index (χ3n) is 5.70. The first-order valence-corrected chi connectivity index (χ1v) is 13.0. The Morgan fingerprint density at radius 1 is 0.806 bits per heavy atom. The fourth-order valence-electron chi connectivity index (χ4n) is 3.71. The Morgan fingerprint density at radius 3 is 2.08 bits per heavy atom. The fourth-order valence-corrected chi connectivity index (χ4v) is 4.84. The van der Waals surface area contributed by atoms with Gasteiger partial charge < -0.3 is 10.1 Å². The molecule has 6 nitrogen and oxygen atoms in total. The van der Waals surface area contributed by atoms with Gasteiger partial charge in [0.25, 0.3) is 15.9 Å². The zero-order chi connectivity index (χ0) is 25.7. The SMILES string of the molecule is Cc1ccc(NS(=O)(=O)c2ccc(NC(=O)C(C)Oc3ccc(-c4ccccc4)cc3)cc2)c(C)c1. The lowest BCUT2D eigenvalue weighted by Crippen LogP contribution is -2.30. The molecule has 0 aromatic heterocycles. The molecule has 0 saturated heterocycles. The second-order valence-corrected chi connectivity index (χ2v) is 10.3. The first kappa shape index (κ1) is 25.0. The molecule has 0 radical (unpaired) electrons. The molecule has 7 heteroatoms. The molecule has 0 saturated carbocycles. The van der Waals surface area contributed by atoms with Crippen LogP contribution in [-0.4, -0.2) is 20.4 Å². The predicted octanol–water partition coefficient (Wildman–Crippen LogP) is 6.18. The van der Waals surface area contributed by atoms with E-state index in [0.29, 0.717) is 17.1 Å². The van der Waals surface area contributed by atoms with E-state index in [0.717, 1.165) is 22.3 Å². The quantitative estimate of drug-likeness (QED) is 0.303. The third-order valence-corrected chi connectivity index (χ3v) is 7.08. The van der Waals surface area contributed by atoms with E-state index in [1.165, 1.54) is 12.1 Å². The van der Waals surface area contributed by atoms with Crippen molar-refractivity contribution < 1.29 is 17.9 Å². The van der Waals surface area contributed by atoms with Gasteiger partial charge in [0.2, 0.25) is 0 Å².